The normalized spacial score (nSPS) is 17.2. The van der Waals surface area contributed by atoms with E-state index in [0.717, 1.165) is 69.3 Å². The second kappa shape index (κ2) is 9.12. The van der Waals surface area contributed by atoms with Gasteiger partial charge in [0.25, 0.3) is 0 Å². The number of rotatable bonds is 7. The molecule has 0 spiro atoms. The van der Waals surface area contributed by atoms with Crippen LogP contribution in [0.4, 0.5) is 0 Å². The highest BCUT2D eigenvalue weighted by Crippen LogP contribution is 2.14. The maximum atomic E-state index is 4.73. The molecule has 0 bridgehead atoms. The molecule has 0 radical (unpaired) electrons. The molecule has 0 amide bonds. The van der Waals surface area contributed by atoms with Gasteiger partial charge in [0.05, 0.1) is 11.6 Å². The van der Waals surface area contributed by atoms with Gasteiger partial charge < -0.3 is 10.6 Å². The first-order chi connectivity index (χ1) is 12.7. The van der Waals surface area contributed by atoms with Crippen LogP contribution >= 0.6 is 11.3 Å². The first-order valence-corrected chi connectivity index (χ1v) is 10.4. The van der Waals surface area contributed by atoms with Gasteiger partial charge in [0.15, 0.2) is 11.8 Å². The fourth-order valence-corrected chi connectivity index (χ4v) is 3.88. The van der Waals surface area contributed by atoms with Crippen molar-refractivity contribution >= 4 is 17.3 Å². The Kier molecular flexibility index (Phi) is 6.60. The van der Waals surface area contributed by atoms with Crippen molar-refractivity contribution < 1.29 is 0 Å². The third-order valence-corrected chi connectivity index (χ3v) is 5.65. The molecule has 2 N–H and O–H groups in total. The van der Waals surface area contributed by atoms with Crippen molar-refractivity contribution in [3.8, 4) is 0 Å². The lowest BCUT2D eigenvalue weighted by Gasteiger charge is -2.25. The second-order valence-corrected chi connectivity index (χ2v) is 7.64. The zero-order chi connectivity index (χ0) is 18.4. The summed E-state index contributed by atoms with van der Waals surface area (Å²) in [4.78, 5) is 15.1. The summed E-state index contributed by atoms with van der Waals surface area (Å²) in [6.07, 6.45) is 6.82. The first kappa shape index (κ1) is 18.8. The van der Waals surface area contributed by atoms with Crippen LogP contribution < -0.4 is 10.6 Å². The lowest BCUT2D eigenvalue weighted by Crippen LogP contribution is -2.47. The average Bonchev–Trinajstić information content (AvgIpc) is 3.27. The Morgan fingerprint density at radius 1 is 1.35 bits per heavy atom. The summed E-state index contributed by atoms with van der Waals surface area (Å²) in [6.45, 7) is 8.79. The summed E-state index contributed by atoms with van der Waals surface area (Å²) >= 11 is 1.79. The summed E-state index contributed by atoms with van der Waals surface area (Å²) in [5.74, 6) is 2.93. The molecule has 3 rings (SSSR count). The van der Waals surface area contributed by atoms with Crippen LogP contribution in [0.2, 0.25) is 0 Å². The monoisotopic (exact) mass is 375 g/mol. The Labute approximate surface area is 159 Å². The van der Waals surface area contributed by atoms with Crippen LogP contribution in [-0.2, 0) is 32.2 Å². The zero-order valence-corrected chi connectivity index (χ0v) is 16.8. The van der Waals surface area contributed by atoms with E-state index in [1.54, 1.807) is 11.3 Å². The molecule has 142 valence electrons. The van der Waals surface area contributed by atoms with Crippen LogP contribution in [-0.4, -0.2) is 44.8 Å². The van der Waals surface area contributed by atoms with E-state index in [2.05, 4.69) is 46.5 Å². The number of nitrogens with zero attached hydrogens (tertiary/aromatic N) is 5. The number of aryl methyl sites for hydroxylation is 3. The lowest BCUT2D eigenvalue weighted by molar-refractivity contribution is 0.392. The van der Waals surface area contributed by atoms with Crippen molar-refractivity contribution in [1.29, 1.82) is 0 Å². The van der Waals surface area contributed by atoms with E-state index < -0.39 is 0 Å². The van der Waals surface area contributed by atoms with Crippen LogP contribution in [0.5, 0.6) is 0 Å². The van der Waals surface area contributed by atoms with Gasteiger partial charge >= 0.3 is 0 Å². The van der Waals surface area contributed by atoms with Gasteiger partial charge in [0.2, 0.25) is 0 Å². The Morgan fingerprint density at radius 2 is 2.23 bits per heavy atom. The number of nitrogens with one attached hydrogen (secondary N) is 2. The van der Waals surface area contributed by atoms with E-state index in [1.165, 1.54) is 9.88 Å². The molecule has 2 aromatic heterocycles. The summed E-state index contributed by atoms with van der Waals surface area (Å²) in [6, 6.07) is 0.332. The Bertz CT molecular complexity index is 734. The van der Waals surface area contributed by atoms with E-state index in [1.807, 2.05) is 10.9 Å². The van der Waals surface area contributed by atoms with Crippen LogP contribution in [0.15, 0.2) is 11.2 Å². The van der Waals surface area contributed by atoms with Gasteiger partial charge in [0, 0.05) is 49.5 Å². The van der Waals surface area contributed by atoms with Crippen LogP contribution in [0, 0.1) is 0 Å². The zero-order valence-electron chi connectivity index (χ0n) is 16.0. The topological polar surface area (TPSA) is 80.0 Å². The average molecular weight is 376 g/mol. The highest BCUT2D eigenvalue weighted by atomic mass is 32.1. The number of aliphatic imine (C=N–C) groups is 1. The summed E-state index contributed by atoms with van der Waals surface area (Å²) < 4.78 is 2.05. The smallest absolute Gasteiger partial charge is 0.191 e. The lowest BCUT2D eigenvalue weighted by atomic mass is 10.1. The van der Waals surface area contributed by atoms with Crippen LogP contribution in [0.1, 0.15) is 48.7 Å². The molecule has 7 nitrogen and oxygen atoms in total. The fourth-order valence-electron chi connectivity index (χ4n) is 3.03. The molecule has 0 aliphatic carbocycles. The Morgan fingerprint density at radius 3 is 2.96 bits per heavy atom. The molecule has 1 atom stereocenters. The van der Waals surface area contributed by atoms with Crippen molar-refractivity contribution in [2.45, 2.75) is 65.5 Å². The maximum Gasteiger partial charge on any atom is 0.191 e. The van der Waals surface area contributed by atoms with Crippen LogP contribution in [0.3, 0.4) is 0 Å². The van der Waals surface area contributed by atoms with E-state index >= 15 is 0 Å². The maximum absolute atomic E-state index is 4.73. The van der Waals surface area contributed by atoms with Gasteiger partial charge in [0.1, 0.15) is 5.82 Å². The molecule has 3 heterocycles. The van der Waals surface area contributed by atoms with Gasteiger partial charge in [-0.2, -0.15) is 5.10 Å². The van der Waals surface area contributed by atoms with Gasteiger partial charge in [-0.25, -0.2) is 14.6 Å². The standard InChI is InChI=1S/C18H29N7S/c1-4-14-11-21-17(26-14)9-10-20-18(19-6-3)22-13-7-8-16-23-15(5-2)24-25(16)12-13/h11,13H,4-10,12H2,1-3H3,(H2,19,20,22). The molecule has 2 aromatic rings. The largest absolute Gasteiger partial charge is 0.357 e. The van der Waals surface area contributed by atoms with E-state index in [9.17, 15) is 0 Å². The number of hydrogen-bond acceptors (Lipinski definition) is 5. The first-order valence-electron chi connectivity index (χ1n) is 9.62. The van der Waals surface area contributed by atoms with Crippen molar-refractivity contribution in [2.75, 3.05) is 13.1 Å². The highest BCUT2D eigenvalue weighted by Gasteiger charge is 2.22. The molecule has 0 saturated carbocycles. The van der Waals surface area contributed by atoms with Gasteiger partial charge in [-0.15, -0.1) is 11.3 Å². The SMILES string of the molecule is CCNC(=NCCc1ncc(CC)s1)NC1CCc2nc(CC)nn2C1. The third-order valence-electron chi connectivity index (χ3n) is 4.45. The predicted molar refractivity (Wildman–Crippen MR) is 106 cm³/mol. The van der Waals surface area contributed by atoms with Gasteiger partial charge in [-0.3, -0.25) is 4.99 Å². The quantitative estimate of drug-likeness (QED) is 0.571. The number of thiazole rings is 1. The molecule has 0 fully saturated rings. The summed E-state index contributed by atoms with van der Waals surface area (Å²) in [5, 5.41) is 12.7. The van der Waals surface area contributed by atoms with Crippen molar-refractivity contribution in [1.82, 2.24) is 30.4 Å². The summed E-state index contributed by atoms with van der Waals surface area (Å²) in [7, 11) is 0. The number of aromatic nitrogens is 4. The van der Waals surface area contributed by atoms with E-state index in [-0.39, 0.29) is 0 Å². The van der Waals surface area contributed by atoms with Crippen LogP contribution in [0.25, 0.3) is 0 Å². The molecule has 26 heavy (non-hydrogen) atoms. The minimum atomic E-state index is 0.332. The number of guanidine groups is 1. The molecule has 1 unspecified atom stereocenters. The minimum absolute atomic E-state index is 0.332. The molecule has 8 heteroatoms. The fraction of sp³-hybridized carbons (Fsp3) is 0.667. The van der Waals surface area contributed by atoms with Gasteiger partial charge in [-0.1, -0.05) is 13.8 Å². The molecule has 0 saturated heterocycles. The minimum Gasteiger partial charge on any atom is -0.357 e. The number of fused-ring (bicyclic) bond motifs is 1. The molecule has 1 aliphatic rings. The van der Waals surface area contributed by atoms with Crippen molar-refractivity contribution in [3.05, 3.63) is 27.7 Å². The summed E-state index contributed by atoms with van der Waals surface area (Å²) in [5.41, 5.74) is 0. The number of hydrogen-bond donors (Lipinski definition) is 2. The van der Waals surface area contributed by atoms with Crippen molar-refractivity contribution in [3.63, 3.8) is 0 Å². The van der Waals surface area contributed by atoms with Gasteiger partial charge in [-0.05, 0) is 19.8 Å². The van der Waals surface area contributed by atoms with E-state index in [0.29, 0.717) is 6.04 Å². The third kappa shape index (κ3) is 4.81. The molecular formula is C18H29N7S. The molecule has 1 aliphatic heterocycles. The molecular weight excluding hydrogens is 346 g/mol. The highest BCUT2D eigenvalue weighted by molar-refractivity contribution is 7.11. The second-order valence-electron chi connectivity index (χ2n) is 6.44. The predicted octanol–water partition coefficient (Wildman–Crippen LogP) is 1.97. The molecule has 0 aromatic carbocycles. The Hall–Kier alpha value is -1.96. The van der Waals surface area contributed by atoms with E-state index in [4.69, 9.17) is 4.99 Å². The van der Waals surface area contributed by atoms with Crippen molar-refractivity contribution in [2.24, 2.45) is 4.99 Å². The Balaban J connectivity index is 1.55.